The Labute approximate surface area is 124 Å². The van der Waals surface area contributed by atoms with Gasteiger partial charge in [-0.2, -0.15) is 0 Å². The molecule has 4 heteroatoms. The smallest absolute Gasteiger partial charge is 0.270 e. The molecule has 0 saturated heterocycles. The zero-order valence-corrected chi connectivity index (χ0v) is 12.3. The van der Waals surface area contributed by atoms with Gasteiger partial charge >= 0.3 is 0 Å². The quantitative estimate of drug-likeness (QED) is 0.889. The maximum absolute atomic E-state index is 12.4. The molecule has 4 nitrogen and oxygen atoms in total. The van der Waals surface area contributed by atoms with E-state index in [1.54, 1.807) is 6.07 Å². The molecule has 0 unspecified atom stereocenters. The van der Waals surface area contributed by atoms with Crippen LogP contribution in [0.1, 0.15) is 43.1 Å². The van der Waals surface area contributed by atoms with Crippen molar-refractivity contribution in [3.05, 3.63) is 36.0 Å². The first-order valence-electron chi connectivity index (χ1n) is 7.59. The average molecular weight is 283 g/mol. The third-order valence-electron chi connectivity index (χ3n) is 4.33. The summed E-state index contributed by atoms with van der Waals surface area (Å²) in [5.74, 6) is 0.652. The molecule has 1 aliphatic rings. The van der Waals surface area contributed by atoms with Crippen LogP contribution in [-0.4, -0.2) is 16.9 Å². The Balaban J connectivity index is 1.78. The molecule has 0 bridgehead atoms. The van der Waals surface area contributed by atoms with Gasteiger partial charge < -0.3 is 11.1 Å². The lowest BCUT2D eigenvalue weighted by Crippen LogP contribution is -2.37. The van der Waals surface area contributed by atoms with E-state index in [2.05, 4.69) is 17.2 Å². The number of hydrogen-bond donors (Lipinski definition) is 2. The molecule has 1 aliphatic carbocycles. The van der Waals surface area contributed by atoms with Gasteiger partial charge in [0.05, 0.1) is 5.52 Å². The molecule has 1 fully saturated rings. The second kappa shape index (κ2) is 5.72. The van der Waals surface area contributed by atoms with Gasteiger partial charge in [-0.05, 0) is 43.7 Å². The van der Waals surface area contributed by atoms with Gasteiger partial charge in [-0.3, -0.25) is 4.79 Å². The van der Waals surface area contributed by atoms with Crippen molar-refractivity contribution in [2.75, 3.05) is 5.73 Å². The number of benzene rings is 1. The highest BCUT2D eigenvalue weighted by atomic mass is 16.1. The van der Waals surface area contributed by atoms with E-state index >= 15 is 0 Å². The lowest BCUT2D eigenvalue weighted by atomic mass is 9.87. The molecular weight excluding hydrogens is 262 g/mol. The Kier molecular flexibility index (Phi) is 3.78. The summed E-state index contributed by atoms with van der Waals surface area (Å²) < 4.78 is 0. The van der Waals surface area contributed by atoms with E-state index in [4.69, 9.17) is 5.73 Å². The summed E-state index contributed by atoms with van der Waals surface area (Å²) in [6.45, 7) is 2.27. The highest BCUT2D eigenvalue weighted by Crippen LogP contribution is 2.24. The van der Waals surface area contributed by atoms with Crippen LogP contribution in [0.2, 0.25) is 0 Å². The molecule has 21 heavy (non-hydrogen) atoms. The van der Waals surface area contributed by atoms with E-state index in [0.717, 1.165) is 29.7 Å². The van der Waals surface area contributed by atoms with Crippen LogP contribution in [0, 0.1) is 5.92 Å². The number of nitrogens with two attached hydrogens (primary N) is 1. The number of pyridine rings is 1. The van der Waals surface area contributed by atoms with Gasteiger partial charge in [0.15, 0.2) is 0 Å². The number of para-hydroxylation sites is 1. The van der Waals surface area contributed by atoms with Crippen molar-refractivity contribution in [3.8, 4) is 0 Å². The number of nitrogens with zero attached hydrogens (tertiary/aromatic N) is 1. The zero-order chi connectivity index (χ0) is 14.8. The van der Waals surface area contributed by atoms with Crippen molar-refractivity contribution in [1.82, 2.24) is 10.3 Å². The SMILES string of the molecule is CC1CCC(NC(=O)c2cc(N)c3ccccc3n2)CC1. The van der Waals surface area contributed by atoms with Crippen molar-refractivity contribution in [3.63, 3.8) is 0 Å². The lowest BCUT2D eigenvalue weighted by molar-refractivity contribution is 0.0918. The Hall–Kier alpha value is -2.10. The second-order valence-corrected chi connectivity index (χ2v) is 6.04. The third-order valence-corrected chi connectivity index (χ3v) is 4.33. The first-order valence-corrected chi connectivity index (χ1v) is 7.59. The molecule has 3 N–H and O–H groups in total. The Morgan fingerprint density at radius 3 is 2.71 bits per heavy atom. The molecule has 1 aromatic carbocycles. The fourth-order valence-corrected chi connectivity index (χ4v) is 2.98. The third kappa shape index (κ3) is 2.99. The highest BCUT2D eigenvalue weighted by Gasteiger charge is 2.21. The van der Waals surface area contributed by atoms with Crippen LogP contribution in [0.3, 0.4) is 0 Å². The van der Waals surface area contributed by atoms with E-state index in [0.29, 0.717) is 11.4 Å². The van der Waals surface area contributed by atoms with Crippen molar-refractivity contribution in [2.45, 2.75) is 38.6 Å². The van der Waals surface area contributed by atoms with Gasteiger partial charge in [-0.1, -0.05) is 25.1 Å². The van der Waals surface area contributed by atoms with Crippen LogP contribution in [0.4, 0.5) is 5.69 Å². The zero-order valence-electron chi connectivity index (χ0n) is 12.3. The largest absolute Gasteiger partial charge is 0.398 e. The van der Waals surface area contributed by atoms with Gasteiger partial charge in [0.1, 0.15) is 5.69 Å². The van der Waals surface area contributed by atoms with Gasteiger partial charge in [-0.15, -0.1) is 0 Å². The van der Waals surface area contributed by atoms with Gasteiger partial charge in [0.2, 0.25) is 0 Å². The number of carbonyl (C=O) groups excluding carboxylic acids is 1. The fourth-order valence-electron chi connectivity index (χ4n) is 2.98. The molecule has 1 saturated carbocycles. The molecule has 110 valence electrons. The maximum Gasteiger partial charge on any atom is 0.270 e. The number of hydrogen-bond acceptors (Lipinski definition) is 3. The predicted octanol–water partition coefficient (Wildman–Crippen LogP) is 3.13. The number of rotatable bonds is 2. The molecule has 1 heterocycles. The van der Waals surface area contributed by atoms with Crippen LogP contribution in [0.15, 0.2) is 30.3 Å². The fraction of sp³-hybridized carbons (Fsp3) is 0.412. The summed E-state index contributed by atoms with van der Waals surface area (Å²) in [5, 5.41) is 3.98. The van der Waals surface area contributed by atoms with E-state index < -0.39 is 0 Å². The molecule has 2 aromatic rings. The molecule has 0 atom stereocenters. The number of anilines is 1. The minimum Gasteiger partial charge on any atom is -0.398 e. The summed E-state index contributed by atoms with van der Waals surface area (Å²) in [6, 6.07) is 9.56. The summed E-state index contributed by atoms with van der Waals surface area (Å²) in [7, 11) is 0. The number of aromatic nitrogens is 1. The lowest BCUT2D eigenvalue weighted by Gasteiger charge is -2.26. The molecule has 0 aliphatic heterocycles. The van der Waals surface area contributed by atoms with Crippen molar-refractivity contribution < 1.29 is 4.79 Å². The summed E-state index contributed by atoms with van der Waals surface area (Å²) in [6.07, 6.45) is 4.46. The van der Waals surface area contributed by atoms with E-state index in [1.165, 1.54) is 12.8 Å². The number of carbonyl (C=O) groups is 1. The van der Waals surface area contributed by atoms with Crippen molar-refractivity contribution in [2.24, 2.45) is 5.92 Å². The molecule has 1 amide bonds. The molecular formula is C17H21N3O. The second-order valence-electron chi connectivity index (χ2n) is 6.04. The Morgan fingerprint density at radius 1 is 1.24 bits per heavy atom. The highest BCUT2D eigenvalue weighted by molar-refractivity contribution is 5.99. The van der Waals surface area contributed by atoms with Gasteiger partial charge in [0, 0.05) is 17.1 Å². The minimum atomic E-state index is -0.119. The number of nitrogens with one attached hydrogen (secondary N) is 1. The Bertz CT molecular complexity index is 660. The summed E-state index contributed by atoms with van der Waals surface area (Å²) in [5.41, 5.74) is 7.80. The van der Waals surface area contributed by atoms with Crippen LogP contribution in [0.5, 0.6) is 0 Å². The van der Waals surface area contributed by atoms with Crippen LogP contribution in [-0.2, 0) is 0 Å². The van der Waals surface area contributed by atoms with E-state index in [-0.39, 0.29) is 11.9 Å². The van der Waals surface area contributed by atoms with Crippen LogP contribution >= 0.6 is 0 Å². The monoisotopic (exact) mass is 283 g/mol. The van der Waals surface area contributed by atoms with Gasteiger partial charge in [0.25, 0.3) is 5.91 Å². The minimum absolute atomic E-state index is 0.119. The van der Waals surface area contributed by atoms with Gasteiger partial charge in [-0.25, -0.2) is 4.98 Å². The van der Waals surface area contributed by atoms with Crippen LogP contribution < -0.4 is 11.1 Å². The van der Waals surface area contributed by atoms with E-state index in [9.17, 15) is 4.79 Å². The van der Waals surface area contributed by atoms with E-state index in [1.807, 2.05) is 24.3 Å². The first kappa shape index (κ1) is 13.9. The Morgan fingerprint density at radius 2 is 1.95 bits per heavy atom. The van der Waals surface area contributed by atoms with Crippen LogP contribution in [0.25, 0.3) is 10.9 Å². The molecule has 1 aromatic heterocycles. The number of nitrogen functional groups attached to an aromatic ring is 1. The number of fused-ring (bicyclic) bond motifs is 1. The number of amides is 1. The summed E-state index contributed by atoms with van der Waals surface area (Å²) >= 11 is 0. The topological polar surface area (TPSA) is 68.0 Å². The molecule has 0 radical (unpaired) electrons. The maximum atomic E-state index is 12.4. The normalized spacial score (nSPS) is 22.1. The first-order chi connectivity index (χ1) is 10.1. The van der Waals surface area contributed by atoms with Crippen molar-refractivity contribution >= 4 is 22.5 Å². The molecule has 3 rings (SSSR count). The average Bonchev–Trinajstić information content (AvgIpc) is 2.49. The molecule has 0 spiro atoms. The summed E-state index contributed by atoms with van der Waals surface area (Å²) in [4.78, 5) is 16.8. The predicted molar refractivity (Wildman–Crippen MR) is 85.0 cm³/mol. The van der Waals surface area contributed by atoms with Crippen molar-refractivity contribution in [1.29, 1.82) is 0 Å². The standard InChI is InChI=1S/C17H21N3O/c1-11-6-8-12(9-7-11)19-17(21)16-10-14(18)13-4-2-3-5-15(13)20-16/h2-5,10-12H,6-9H2,1H3,(H2,18,20)(H,19,21).